The number of hydrogen-bond donors (Lipinski definition) is 0. The summed E-state index contributed by atoms with van der Waals surface area (Å²) in [6.07, 6.45) is 1.76. The van der Waals surface area contributed by atoms with Gasteiger partial charge in [-0.3, -0.25) is 4.98 Å². The fourth-order valence-corrected chi connectivity index (χ4v) is 1.01. The number of nitrogens with zero attached hydrogens (tertiary/aromatic N) is 1. The van der Waals surface area contributed by atoms with E-state index < -0.39 is 0 Å². The van der Waals surface area contributed by atoms with Gasteiger partial charge in [0.25, 0.3) is 0 Å². The van der Waals surface area contributed by atoms with Gasteiger partial charge in [0, 0.05) is 15.5 Å². The van der Waals surface area contributed by atoms with E-state index in [0.717, 1.165) is 14.3 Å². The largest absolute Gasteiger partial charge is 0.260 e. The highest BCUT2D eigenvalue weighted by Gasteiger charge is 1.94. The molecule has 1 rings (SSSR count). The molecule has 0 saturated heterocycles. The molecule has 0 saturated carbocycles. The third-order valence-corrected chi connectivity index (χ3v) is 2.44. The van der Waals surface area contributed by atoms with Crippen LogP contribution in [0.4, 0.5) is 0 Å². The lowest BCUT2D eigenvalue weighted by molar-refractivity contribution is 1.19. The standard InChI is InChI=1S/C6H5ClIN/c1-4-2-5(7)6(8)3-9-4/h2-3H,1H3. The lowest BCUT2D eigenvalue weighted by atomic mass is 10.4. The molecule has 3 heteroatoms. The normalized spacial score (nSPS) is 9.67. The van der Waals surface area contributed by atoms with Crippen LogP contribution in [0.15, 0.2) is 12.3 Å². The van der Waals surface area contributed by atoms with Crippen molar-refractivity contribution in [2.75, 3.05) is 0 Å². The Kier molecular flexibility index (Phi) is 2.29. The lowest BCUT2D eigenvalue weighted by Crippen LogP contribution is -1.81. The molecule has 48 valence electrons. The summed E-state index contributed by atoms with van der Waals surface area (Å²) in [6, 6.07) is 1.85. The highest BCUT2D eigenvalue weighted by molar-refractivity contribution is 14.1. The zero-order valence-corrected chi connectivity index (χ0v) is 7.77. The first-order valence-corrected chi connectivity index (χ1v) is 3.93. The molecule has 0 unspecified atom stereocenters. The molecule has 0 N–H and O–H groups in total. The molecule has 0 bridgehead atoms. The Hall–Kier alpha value is 0.170. The maximum atomic E-state index is 5.77. The van der Waals surface area contributed by atoms with Gasteiger partial charge >= 0.3 is 0 Å². The molecule has 0 aliphatic rings. The molecule has 0 spiro atoms. The van der Waals surface area contributed by atoms with Gasteiger partial charge < -0.3 is 0 Å². The first kappa shape index (κ1) is 7.28. The third kappa shape index (κ3) is 1.79. The van der Waals surface area contributed by atoms with Crippen molar-refractivity contribution in [3.8, 4) is 0 Å². The van der Waals surface area contributed by atoms with E-state index in [1.54, 1.807) is 6.20 Å². The Morgan fingerprint density at radius 3 is 2.78 bits per heavy atom. The van der Waals surface area contributed by atoms with Gasteiger partial charge in [-0.05, 0) is 35.6 Å². The highest BCUT2D eigenvalue weighted by Crippen LogP contribution is 2.16. The molecular weight excluding hydrogens is 248 g/mol. The first-order valence-electron chi connectivity index (χ1n) is 2.48. The first-order chi connectivity index (χ1) is 4.20. The van der Waals surface area contributed by atoms with E-state index in [2.05, 4.69) is 27.6 Å². The second kappa shape index (κ2) is 2.84. The molecule has 0 amide bonds. The fourth-order valence-electron chi connectivity index (χ4n) is 0.510. The second-order valence-electron chi connectivity index (χ2n) is 1.74. The zero-order valence-electron chi connectivity index (χ0n) is 4.86. The second-order valence-corrected chi connectivity index (χ2v) is 3.31. The summed E-state index contributed by atoms with van der Waals surface area (Å²) in [5.74, 6) is 0. The maximum absolute atomic E-state index is 5.77. The van der Waals surface area contributed by atoms with Crippen molar-refractivity contribution in [2.24, 2.45) is 0 Å². The van der Waals surface area contributed by atoms with Crippen LogP contribution in [-0.4, -0.2) is 4.98 Å². The van der Waals surface area contributed by atoms with E-state index in [-0.39, 0.29) is 0 Å². The molecule has 1 aromatic rings. The van der Waals surface area contributed by atoms with Crippen molar-refractivity contribution in [1.29, 1.82) is 0 Å². The average molecular weight is 253 g/mol. The average Bonchev–Trinajstić information content (AvgIpc) is 1.80. The number of aromatic nitrogens is 1. The van der Waals surface area contributed by atoms with E-state index >= 15 is 0 Å². The summed E-state index contributed by atoms with van der Waals surface area (Å²) in [6.45, 7) is 1.92. The molecular formula is C6H5ClIN. The predicted octanol–water partition coefficient (Wildman–Crippen LogP) is 2.65. The van der Waals surface area contributed by atoms with Crippen LogP contribution in [0, 0.1) is 10.5 Å². The molecule has 1 aromatic heterocycles. The van der Waals surface area contributed by atoms with E-state index in [1.165, 1.54) is 0 Å². The molecule has 0 radical (unpaired) electrons. The van der Waals surface area contributed by atoms with Gasteiger partial charge in [0.15, 0.2) is 0 Å². The topological polar surface area (TPSA) is 12.9 Å². The van der Waals surface area contributed by atoms with E-state index in [9.17, 15) is 0 Å². The van der Waals surface area contributed by atoms with Crippen LogP contribution < -0.4 is 0 Å². The van der Waals surface area contributed by atoms with Crippen molar-refractivity contribution in [3.63, 3.8) is 0 Å². The number of pyridine rings is 1. The summed E-state index contributed by atoms with van der Waals surface area (Å²) >= 11 is 7.91. The molecule has 1 nitrogen and oxygen atoms in total. The third-order valence-electron chi connectivity index (χ3n) is 0.945. The summed E-state index contributed by atoms with van der Waals surface area (Å²) in [5, 5.41) is 0.781. The Labute approximate surface area is 72.6 Å². The molecule has 0 aliphatic carbocycles. The van der Waals surface area contributed by atoms with Crippen LogP contribution in [0.2, 0.25) is 5.02 Å². The van der Waals surface area contributed by atoms with Crippen molar-refractivity contribution in [3.05, 3.63) is 26.5 Å². The van der Waals surface area contributed by atoms with Gasteiger partial charge in [-0.25, -0.2) is 0 Å². The summed E-state index contributed by atoms with van der Waals surface area (Å²) in [4.78, 5) is 4.05. The minimum absolute atomic E-state index is 0.781. The van der Waals surface area contributed by atoms with Crippen LogP contribution in [-0.2, 0) is 0 Å². The van der Waals surface area contributed by atoms with E-state index in [1.807, 2.05) is 13.0 Å². The van der Waals surface area contributed by atoms with Crippen molar-refractivity contribution < 1.29 is 0 Å². The number of hydrogen-bond acceptors (Lipinski definition) is 1. The highest BCUT2D eigenvalue weighted by atomic mass is 127. The fraction of sp³-hybridized carbons (Fsp3) is 0.167. The van der Waals surface area contributed by atoms with Crippen LogP contribution in [0.25, 0.3) is 0 Å². The van der Waals surface area contributed by atoms with E-state index in [4.69, 9.17) is 11.6 Å². The quantitative estimate of drug-likeness (QED) is 0.648. The molecule has 1 heterocycles. The van der Waals surface area contributed by atoms with Gasteiger partial charge in [0.2, 0.25) is 0 Å². The number of rotatable bonds is 0. The molecule has 0 fully saturated rings. The van der Waals surface area contributed by atoms with Gasteiger partial charge in [-0.15, -0.1) is 0 Å². The van der Waals surface area contributed by atoms with Crippen LogP contribution in [0.3, 0.4) is 0 Å². The molecule has 0 atom stereocenters. The smallest absolute Gasteiger partial charge is 0.0573 e. The van der Waals surface area contributed by atoms with Gasteiger partial charge in [-0.1, -0.05) is 11.6 Å². The number of aryl methyl sites for hydroxylation is 1. The van der Waals surface area contributed by atoms with Gasteiger partial charge in [0.1, 0.15) is 0 Å². The Morgan fingerprint density at radius 2 is 2.33 bits per heavy atom. The Balaban J connectivity index is 3.17. The Bertz CT molecular complexity index is 224. The van der Waals surface area contributed by atoms with Crippen molar-refractivity contribution in [1.82, 2.24) is 4.98 Å². The molecule has 0 aliphatic heterocycles. The maximum Gasteiger partial charge on any atom is 0.0573 e. The van der Waals surface area contributed by atoms with Gasteiger partial charge in [0.05, 0.1) is 5.02 Å². The van der Waals surface area contributed by atoms with Crippen LogP contribution in [0.5, 0.6) is 0 Å². The van der Waals surface area contributed by atoms with Crippen LogP contribution >= 0.6 is 34.2 Å². The Morgan fingerprint density at radius 1 is 1.67 bits per heavy atom. The molecule has 9 heavy (non-hydrogen) atoms. The minimum atomic E-state index is 0.781. The van der Waals surface area contributed by atoms with Crippen molar-refractivity contribution in [2.45, 2.75) is 6.92 Å². The predicted molar refractivity (Wildman–Crippen MR) is 46.7 cm³/mol. The lowest BCUT2D eigenvalue weighted by Gasteiger charge is -1.93. The SMILES string of the molecule is Cc1cc(Cl)c(I)cn1. The van der Waals surface area contributed by atoms with E-state index in [0.29, 0.717) is 0 Å². The summed E-state index contributed by atoms with van der Waals surface area (Å²) < 4.78 is 1.000. The van der Waals surface area contributed by atoms with Crippen molar-refractivity contribution >= 4 is 34.2 Å². The molecule has 0 aromatic carbocycles. The monoisotopic (exact) mass is 253 g/mol. The summed E-state index contributed by atoms with van der Waals surface area (Å²) in [5.41, 5.74) is 0.959. The van der Waals surface area contributed by atoms with Crippen LogP contribution in [0.1, 0.15) is 5.69 Å². The minimum Gasteiger partial charge on any atom is -0.260 e. The number of halogens is 2. The van der Waals surface area contributed by atoms with Gasteiger partial charge in [-0.2, -0.15) is 0 Å². The summed E-state index contributed by atoms with van der Waals surface area (Å²) in [7, 11) is 0. The zero-order chi connectivity index (χ0) is 6.85.